The molecule has 0 aliphatic carbocycles. The molecule has 0 saturated heterocycles. The summed E-state index contributed by atoms with van der Waals surface area (Å²) in [4.78, 5) is 13.8. The predicted octanol–water partition coefficient (Wildman–Crippen LogP) is 2.99. The van der Waals surface area contributed by atoms with Crippen LogP contribution in [0.3, 0.4) is 0 Å². The van der Waals surface area contributed by atoms with Crippen molar-refractivity contribution in [2.45, 2.75) is 20.0 Å². The van der Waals surface area contributed by atoms with Crippen molar-refractivity contribution in [3.05, 3.63) is 70.8 Å². The number of nitrogens with zero attached hydrogens (tertiary/aromatic N) is 1. The number of carbonyl (C=O) groups is 1. The number of amides is 1. The minimum absolute atomic E-state index is 0.0467. The maximum absolute atomic E-state index is 11.5. The van der Waals surface area contributed by atoms with Crippen LogP contribution in [-0.2, 0) is 13.1 Å². The molecule has 0 bridgehead atoms. The van der Waals surface area contributed by atoms with Crippen LogP contribution in [0.5, 0.6) is 0 Å². The van der Waals surface area contributed by atoms with E-state index in [4.69, 9.17) is 0 Å². The summed E-state index contributed by atoms with van der Waals surface area (Å²) >= 11 is 0. The molecule has 0 spiro atoms. The van der Waals surface area contributed by atoms with Gasteiger partial charge in [-0.2, -0.15) is 0 Å². The summed E-state index contributed by atoms with van der Waals surface area (Å²) in [5.74, 6) is -0.0467. The molecule has 110 valence electrons. The smallest absolute Gasteiger partial charge is 0.251 e. The summed E-state index contributed by atoms with van der Waals surface area (Å²) < 4.78 is 0. The summed E-state index contributed by atoms with van der Waals surface area (Å²) in [5, 5.41) is 2.63. The Morgan fingerprint density at radius 1 is 0.952 bits per heavy atom. The van der Waals surface area contributed by atoms with Crippen LogP contribution in [0.2, 0.25) is 0 Å². The Morgan fingerprint density at radius 2 is 1.43 bits per heavy atom. The second-order valence-corrected chi connectivity index (χ2v) is 5.43. The molecular weight excluding hydrogens is 260 g/mol. The van der Waals surface area contributed by atoms with E-state index >= 15 is 0 Å². The van der Waals surface area contributed by atoms with E-state index in [9.17, 15) is 4.79 Å². The van der Waals surface area contributed by atoms with Crippen molar-refractivity contribution in [3.63, 3.8) is 0 Å². The van der Waals surface area contributed by atoms with Crippen molar-refractivity contribution in [2.75, 3.05) is 14.1 Å². The lowest BCUT2D eigenvalue weighted by Crippen LogP contribution is -2.19. The van der Waals surface area contributed by atoms with Crippen molar-refractivity contribution in [2.24, 2.45) is 0 Å². The molecule has 0 unspecified atom stereocenters. The minimum atomic E-state index is -0.0467. The van der Waals surface area contributed by atoms with Gasteiger partial charge in [-0.05, 0) is 37.2 Å². The van der Waals surface area contributed by atoms with Crippen LogP contribution in [0.4, 0.5) is 0 Å². The van der Waals surface area contributed by atoms with Gasteiger partial charge in [0.1, 0.15) is 0 Å². The fourth-order valence-corrected chi connectivity index (χ4v) is 2.28. The molecule has 2 rings (SSSR count). The van der Waals surface area contributed by atoms with Gasteiger partial charge in [-0.1, -0.05) is 42.0 Å². The van der Waals surface area contributed by atoms with E-state index in [2.05, 4.69) is 48.5 Å². The quantitative estimate of drug-likeness (QED) is 0.914. The maximum atomic E-state index is 11.5. The van der Waals surface area contributed by atoms with Crippen LogP contribution in [0.15, 0.2) is 48.5 Å². The average molecular weight is 282 g/mol. The second-order valence-electron chi connectivity index (χ2n) is 5.43. The summed E-state index contributed by atoms with van der Waals surface area (Å²) in [7, 11) is 3.75. The molecule has 2 aromatic rings. The number of carbonyl (C=O) groups excluding carboxylic acids is 1. The lowest BCUT2D eigenvalue weighted by molar-refractivity contribution is 0.0963. The van der Waals surface area contributed by atoms with Crippen LogP contribution in [0, 0.1) is 6.92 Å². The third kappa shape index (κ3) is 4.43. The van der Waals surface area contributed by atoms with Gasteiger partial charge in [0.25, 0.3) is 5.91 Å². The zero-order valence-electron chi connectivity index (χ0n) is 12.9. The first-order valence-corrected chi connectivity index (χ1v) is 7.13. The van der Waals surface area contributed by atoms with Gasteiger partial charge in [0.05, 0.1) is 0 Å². The number of hydrogen-bond acceptors (Lipinski definition) is 2. The van der Waals surface area contributed by atoms with Gasteiger partial charge in [-0.3, -0.25) is 9.69 Å². The Kier molecular flexibility index (Phi) is 5.12. The fourth-order valence-electron chi connectivity index (χ4n) is 2.28. The maximum Gasteiger partial charge on any atom is 0.251 e. The van der Waals surface area contributed by atoms with Gasteiger partial charge < -0.3 is 5.32 Å². The van der Waals surface area contributed by atoms with E-state index in [0.717, 1.165) is 13.1 Å². The van der Waals surface area contributed by atoms with Crippen molar-refractivity contribution >= 4 is 5.91 Å². The topological polar surface area (TPSA) is 32.3 Å². The Balaban J connectivity index is 1.94. The Bertz CT molecular complexity index is 588. The van der Waals surface area contributed by atoms with E-state index in [0.29, 0.717) is 5.56 Å². The molecule has 0 aromatic heterocycles. The lowest BCUT2D eigenvalue weighted by Gasteiger charge is -2.17. The molecule has 21 heavy (non-hydrogen) atoms. The van der Waals surface area contributed by atoms with Crippen LogP contribution in [0.25, 0.3) is 0 Å². The van der Waals surface area contributed by atoms with Crippen molar-refractivity contribution in [3.8, 4) is 0 Å². The highest BCUT2D eigenvalue weighted by Gasteiger charge is 2.05. The molecule has 0 aliphatic rings. The first kappa shape index (κ1) is 15.3. The van der Waals surface area contributed by atoms with E-state index in [1.165, 1.54) is 16.7 Å². The Morgan fingerprint density at radius 3 is 1.90 bits per heavy atom. The number of nitrogens with one attached hydrogen (secondary N) is 1. The van der Waals surface area contributed by atoms with Crippen LogP contribution in [-0.4, -0.2) is 24.9 Å². The third-order valence-corrected chi connectivity index (χ3v) is 3.47. The molecule has 0 aliphatic heterocycles. The van der Waals surface area contributed by atoms with Crippen LogP contribution >= 0.6 is 0 Å². The molecule has 1 N–H and O–H groups in total. The van der Waals surface area contributed by atoms with Crippen molar-refractivity contribution in [1.29, 1.82) is 0 Å². The van der Waals surface area contributed by atoms with Crippen LogP contribution < -0.4 is 5.32 Å². The molecule has 0 saturated carbocycles. The summed E-state index contributed by atoms with van der Waals surface area (Å²) in [6.45, 7) is 3.88. The zero-order chi connectivity index (χ0) is 15.2. The number of aryl methyl sites for hydroxylation is 1. The molecule has 1 amide bonds. The largest absolute Gasteiger partial charge is 0.355 e. The van der Waals surface area contributed by atoms with Crippen molar-refractivity contribution < 1.29 is 4.79 Å². The molecule has 0 atom stereocenters. The van der Waals surface area contributed by atoms with Gasteiger partial charge in [-0.25, -0.2) is 0 Å². The van der Waals surface area contributed by atoms with E-state index in [1.54, 1.807) is 7.05 Å². The highest BCUT2D eigenvalue weighted by molar-refractivity contribution is 5.93. The normalized spacial score (nSPS) is 10.7. The third-order valence-electron chi connectivity index (χ3n) is 3.47. The second kappa shape index (κ2) is 7.04. The highest BCUT2D eigenvalue weighted by atomic mass is 16.1. The number of hydrogen-bond donors (Lipinski definition) is 1. The summed E-state index contributed by atoms with van der Waals surface area (Å²) in [6, 6.07) is 16.4. The van der Waals surface area contributed by atoms with Gasteiger partial charge in [0.15, 0.2) is 0 Å². The van der Waals surface area contributed by atoms with E-state index in [-0.39, 0.29) is 5.91 Å². The lowest BCUT2D eigenvalue weighted by atomic mass is 10.1. The monoisotopic (exact) mass is 282 g/mol. The number of rotatable bonds is 5. The standard InChI is InChI=1S/C18H22N2O/c1-14-4-6-15(7-5-14)12-20(3)13-16-8-10-17(11-9-16)18(21)19-2/h4-11H,12-13H2,1-3H3,(H,19,21). The molecule has 3 nitrogen and oxygen atoms in total. The molecule has 3 heteroatoms. The van der Waals surface area contributed by atoms with Gasteiger partial charge in [-0.15, -0.1) is 0 Å². The number of benzene rings is 2. The average Bonchev–Trinajstić information content (AvgIpc) is 2.49. The van der Waals surface area contributed by atoms with E-state index < -0.39 is 0 Å². The van der Waals surface area contributed by atoms with Crippen molar-refractivity contribution in [1.82, 2.24) is 10.2 Å². The SMILES string of the molecule is CNC(=O)c1ccc(CN(C)Cc2ccc(C)cc2)cc1. The fraction of sp³-hybridized carbons (Fsp3) is 0.278. The van der Waals surface area contributed by atoms with E-state index in [1.807, 2.05) is 24.3 Å². The van der Waals surface area contributed by atoms with Gasteiger partial charge in [0, 0.05) is 25.7 Å². The molecule has 0 fully saturated rings. The minimum Gasteiger partial charge on any atom is -0.355 e. The highest BCUT2D eigenvalue weighted by Crippen LogP contribution is 2.10. The summed E-state index contributed by atoms with van der Waals surface area (Å²) in [6.07, 6.45) is 0. The van der Waals surface area contributed by atoms with Gasteiger partial charge >= 0.3 is 0 Å². The van der Waals surface area contributed by atoms with Gasteiger partial charge in [0.2, 0.25) is 0 Å². The summed E-state index contributed by atoms with van der Waals surface area (Å²) in [5.41, 5.74) is 4.50. The zero-order valence-corrected chi connectivity index (χ0v) is 12.9. The molecule has 2 aromatic carbocycles. The first-order chi connectivity index (χ1) is 10.1. The Hall–Kier alpha value is -2.13. The molecular formula is C18H22N2O. The molecule has 0 radical (unpaired) electrons. The van der Waals surface area contributed by atoms with Crippen LogP contribution in [0.1, 0.15) is 27.0 Å². The Labute approximate surface area is 126 Å². The first-order valence-electron chi connectivity index (χ1n) is 7.13. The predicted molar refractivity (Wildman–Crippen MR) is 86.2 cm³/mol. The molecule has 0 heterocycles.